The van der Waals surface area contributed by atoms with E-state index in [0.29, 0.717) is 23.9 Å². The molecule has 3 nitrogen and oxygen atoms in total. The number of nitrogens with zero attached hydrogens (tertiary/aromatic N) is 1. The van der Waals surface area contributed by atoms with Crippen LogP contribution in [0.5, 0.6) is 0 Å². The second kappa shape index (κ2) is 6.98. The lowest BCUT2D eigenvalue weighted by Gasteiger charge is -2.34. The Morgan fingerprint density at radius 3 is 2.33 bits per heavy atom. The lowest BCUT2D eigenvalue weighted by molar-refractivity contribution is -0.123. The minimum absolute atomic E-state index is 0.110. The Morgan fingerprint density at radius 2 is 1.76 bits per heavy atom. The number of carbonyl (C=O) groups is 1. The zero-order chi connectivity index (χ0) is 15.4. The van der Waals surface area contributed by atoms with Crippen molar-refractivity contribution in [3.8, 4) is 0 Å². The van der Waals surface area contributed by atoms with Gasteiger partial charge in [0.05, 0.1) is 6.54 Å². The standard InChI is InChI=1S/C16H22F2N2O/c1-11-3-12(2)9-20(8-11)10-16(21)19-7-13-4-14(17)6-15(18)5-13/h4-6,11-12H,3,7-10H2,1-2H3,(H,19,21). The van der Waals surface area contributed by atoms with Crippen molar-refractivity contribution in [2.75, 3.05) is 19.6 Å². The van der Waals surface area contributed by atoms with Crippen LogP contribution in [0.2, 0.25) is 0 Å². The fourth-order valence-corrected chi connectivity index (χ4v) is 3.09. The van der Waals surface area contributed by atoms with Gasteiger partial charge < -0.3 is 5.32 Å². The number of amides is 1. The van der Waals surface area contributed by atoms with Crippen molar-refractivity contribution in [2.45, 2.75) is 26.8 Å². The van der Waals surface area contributed by atoms with Gasteiger partial charge in [-0.2, -0.15) is 0 Å². The molecule has 0 aliphatic carbocycles. The highest BCUT2D eigenvalue weighted by molar-refractivity contribution is 5.78. The largest absolute Gasteiger partial charge is 0.351 e. The van der Waals surface area contributed by atoms with Gasteiger partial charge in [0.1, 0.15) is 11.6 Å². The van der Waals surface area contributed by atoms with E-state index in [0.717, 1.165) is 19.2 Å². The van der Waals surface area contributed by atoms with Crippen molar-refractivity contribution in [3.63, 3.8) is 0 Å². The van der Waals surface area contributed by atoms with E-state index in [1.165, 1.54) is 18.6 Å². The van der Waals surface area contributed by atoms with E-state index in [-0.39, 0.29) is 12.5 Å². The van der Waals surface area contributed by atoms with E-state index in [9.17, 15) is 13.6 Å². The van der Waals surface area contributed by atoms with Gasteiger partial charge in [-0.15, -0.1) is 0 Å². The van der Waals surface area contributed by atoms with Crippen molar-refractivity contribution >= 4 is 5.91 Å². The number of halogens is 2. The molecule has 1 aromatic rings. The van der Waals surface area contributed by atoms with Crippen molar-refractivity contribution in [1.29, 1.82) is 0 Å². The van der Waals surface area contributed by atoms with E-state index in [1.54, 1.807) is 0 Å². The first-order valence-corrected chi connectivity index (χ1v) is 7.36. The molecule has 1 fully saturated rings. The summed E-state index contributed by atoms with van der Waals surface area (Å²) < 4.78 is 26.1. The van der Waals surface area contributed by atoms with Gasteiger partial charge in [-0.25, -0.2) is 8.78 Å². The minimum Gasteiger partial charge on any atom is -0.351 e. The number of hydrogen-bond donors (Lipinski definition) is 1. The van der Waals surface area contributed by atoms with E-state index in [1.807, 2.05) is 0 Å². The molecule has 0 saturated carbocycles. The molecule has 0 spiro atoms. The summed E-state index contributed by atoms with van der Waals surface area (Å²) in [7, 11) is 0. The summed E-state index contributed by atoms with van der Waals surface area (Å²) in [5.74, 6) is -0.172. The van der Waals surface area contributed by atoms with Crippen molar-refractivity contribution in [1.82, 2.24) is 10.2 Å². The third kappa shape index (κ3) is 5.08. The number of benzene rings is 1. The molecular weight excluding hydrogens is 274 g/mol. The molecule has 2 unspecified atom stereocenters. The van der Waals surface area contributed by atoms with E-state index in [4.69, 9.17) is 0 Å². The smallest absolute Gasteiger partial charge is 0.234 e. The third-order valence-corrected chi connectivity index (χ3v) is 3.72. The van der Waals surface area contributed by atoms with Crippen LogP contribution in [-0.4, -0.2) is 30.4 Å². The van der Waals surface area contributed by atoms with Crippen molar-refractivity contribution in [2.24, 2.45) is 11.8 Å². The number of carbonyl (C=O) groups excluding carboxylic acids is 1. The predicted octanol–water partition coefficient (Wildman–Crippen LogP) is 2.56. The van der Waals surface area contributed by atoms with Crippen molar-refractivity contribution < 1.29 is 13.6 Å². The molecule has 1 heterocycles. The molecule has 21 heavy (non-hydrogen) atoms. The maximum Gasteiger partial charge on any atom is 0.234 e. The van der Waals surface area contributed by atoms with Crippen LogP contribution >= 0.6 is 0 Å². The van der Waals surface area contributed by atoms with E-state index < -0.39 is 11.6 Å². The molecular formula is C16H22F2N2O. The molecule has 1 aromatic carbocycles. The summed E-state index contributed by atoms with van der Waals surface area (Å²) in [6.07, 6.45) is 1.20. The average molecular weight is 296 g/mol. The van der Waals surface area contributed by atoms with E-state index >= 15 is 0 Å². The number of likely N-dealkylation sites (tertiary alicyclic amines) is 1. The summed E-state index contributed by atoms with van der Waals surface area (Å²) in [6.45, 7) is 6.71. The Morgan fingerprint density at radius 1 is 1.19 bits per heavy atom. The first-order valence-electron chi connectivity index (χ1n) is 7.36. The Balaban J connectivity index is 1.82. The molecule has 1 aliphatic rings. The first kappa shape index (κ1) is 15.9. The summed E-state index contributed by atoms with van der Waals surface area (Å²) >= 11 is 0. The molecule has 0 aromatic heterocycles. The van der Waals surface area contributed by atoms with Crippen LogP contribution in [0, 0.1) is 23.5 Å². The SMILES string of the molecule is CC1CC(C)CN(CC(=O)NCc2cc(F)cc(F)c2)C1. The van der Waals surface area contributed by atoms with Crippen LogP contribution in [0.15, 0.2) is 18.2 Å². The molecule has 0 bridgehead atoms. The molecule has 0 radical (unpaired) electrons. The molecule has 1 amide bonds. The lowest BCUT2D eigenvalue weighted by Crippen LogP contribution is -2.44. The highest BCUT2D eigenvalue weighted by atomic mass is 19.1. The van der Waals surface area contributed by atoms with Gasteiger partial charge in [-0.1, -0.05) is 13.8 Å². The molecule has 5 heteroatoms. The van der Waals surface area contributed by atoms with Gasteiger partial charge in [0.15, 0.2) is 0 Å². The van der Waals surface area contributed by atoms with Crippen LogP contribution < -0.4 is 5.32 Å². The topological polar surface area (TPSA) is 32.3 Å². The second-order valence-electron chi connectivity index (χ2n) is 6.19. The fraction of sp³-hybridized carbons (Fsp3) is 0.562. The van der Waals surface area contributed by atoms with Gasteiger partial charge in [0.2, 0.25) is 5.91 Å². The highest BCUT2D eigenvalue weighted by Gasteiger charge is 2.23. The van der Waals surface area contributed by atoms with Gasteiger partial charge in [-0.3, -0.25) is 9.69 Å². The summed E-state index contributed by atoms with van der Waals surface area (Å²) in [5, 5.41) is 2.72. The molecule has 1 N–H and O–H groups in total. The monoisotopic (exact) mass is 296 g/mol. The highest BCUT2D eigenvalue weighted by Crippen LogP contribution is 2.20. The van der Waals surface area contributed by atoms with Crippen LogP contribution in [0.4, 0.5) is 8.78 Å². The van der Waals surface area contributed by atoms with Gasteiger partial charge in [0.25, 0.3) is 0 Å². The zero-order valence-electron chi connectivity index (χ0n) is 12.5. The quantitative estimate of drug-likeness (QED) is 0.926. The molecule has 116 valence electrons. The van der Waals surface area contributed by atoms with Crippen molar-refractivity contribution in [3.05, 3.63) is 35.4 Å². The van der Waals surface area contributed by atoms with Crippen LogP contribution in [0.25, 0.3) is 0 Å². The molecule has 1 saturated heterocycles. The Bertz CT molecular complexity index is 477. The number of rotatable bonds is 4. The Labute approximate surface area is 124 Å². The summed E-state index contributed by atoms with van der Waals surface area (Å²) in [4.78, 5) is 14.1. The average Bonchev–Trinajstić information content (AvgIpc) is 2.34. The maximum absolute atomic E-state index is 13.1. The maximum atomic E-state index is 13.1. The summed E-state index contributed by atoms with van der Waals surface area (Å²) in [6, 6.07) is 3.28. The predicted molar refractivity (Wildman–Crippen MR) is 77.6 cm³/mol. The number of piperidine rings is 1. The van der Waals surface area contributed by atoms with Crippen LogP contribution in [0.3, 0.4) is 0 Å². The normalized spacial score (nSPS) is 23.0. The van der Waals surface area contributed by atoms with Gasteiger partial charge in [-0.05, 0) is 36.0 Å². The Kier molecular flexibility index (Phi) is 5.28. The van der Waals surface area contributed by atoms with Gasteiger partial charge in [0, 0.05) is 25.7 Å². The first-order chi connectivity index (χ1) is 9.92. The third-order valence-electron chi connectivity index (χ3n) is 3.72. The van der Waals surface area contributed by atoms with E-state index in [2.05, 4.69) is 24.1 Å². The minimum atomic E-state index is -0.627. The summed E-state index contributed by atoms with van der Waals surface area (Å²) in [5.41, 5.74) is 0.432. The van der Waals surface area contributed by atoms with Gasteiger partial charge >= 0.3 is 0 Å². The molecule has 2 rings (SSSR count). The zero-order valence-corrected chi connectivity index (χ0v) is 12.5. The molecule has 2 atom stereocenters. The second-order valence-corrected chi connectivity index (χ2v) is 6.19. The molecule has 1 aliphatic heterocycles. The number of hydrogen-bond acceptors (Lipinski definition) is 2. The lowest BCUT2D eigenvalue weighted by atomic mass is 9.92. The van der Waals surface area contributed by atoms with Crippen LogP contribution in [0.1, 0.15) is 25.8 Å². The Hall–Kier alpha value is -1.49. The number of nitrogens with one attached hydrogen (secondary N) is 1. The van der Waals surface area contributed by atoms with Crippen LogP contribution in [-0.2, 0) is 11.3 Å². The fourth-order valence-electron chi connectivity index (χ4n) is 3.09.